The molecule has 12 heteroatoms. The first-order chi connectivity index (χ1) is 16.4. The van der Waals surface area contributed by atoms with E-state index in [2.05, 4.69) is 5.32 Å². The third kappa shape index (κ3) is 6.53. The van der Waals surface area contributed by atoms with E-state index < -0.39 is 32.6 Å². The first kappa shape index (κ1) is 27.0. The lowest BCUT2D eigenvalue weighted by Gasteiger charge is -2.30. The van der Waals surface area contributed by atoms with Crippen LogP contribution >= 0.6 is 11.6 Å². The van der Waals surface area contributed by atoms with Crippen LogP contribution in [0.15, 0.2) is 47.4 Å². The third-order valence-electron chi connectivity index (χ3n) is 5.59. The van der Waals surface area contributed by atoms with Crippen LogP contribution in [-0.4, -0.2) is 50.7 Å². The Hall–Kier alpha value is -2.63. The summed E-state index contributed by atoms with van der Waals surface area (Å²) in [6, 6.07) is 8.65. The Bertz CT molecular complexity index is 1200. The van der Waals surface area contributed by atoms with E-state index in [1.165, 1.54) is 34.6 Å². The fourth-order valence-corrected chi connectivity index (χ4v) is 5.45. The maximum atomic E-state index is 13.1. The van der Waals surface area contributed by atoms with Crippen LogP contribution in [0.5, 0.6) is 0 Å². The third-order valence-corrected chi connectivity index (χ3v) is 7.82. The minimum absolute atomic E-state index is 0.0447. The van der Waals surface area contributed by atoms with Crippen molar-refractivity contribution >= 4 is 39.1 Å². The standard InChI is InChI=1S/C23H24ClF3N2O5S/c1-2-34-22(31)15-8-10-29(11-9-15)35(32,33)18-5-3-4-16(12-18)21(30)14-28-17-6-7-20(24)19(13-17)23(25,26)27/h3-7,12-13,15,28H,2,8-11,14H2,1H3. The van der Waals surface area contributed by atoms with Crippen molar-refractivity contribution in [3.63, 3.8) is 0 Å². The number of piperidine rings is 1. The summed E-state index contributed by atoms with van der Waals surface area (Å²) in [5, 5.41) is 2.16. The van der Waals surface area contributed by atoms with E-state index in [9.17, 15) is 31.2 Å². The first-order valence-corrected chi connectivity index (χ1v) is 12.7. The molecular weight excluding hydrogens is 509 g/mol. The molecule has 0 bridgehead atoms. The van der Waals surface area contributed by atoms with Crippen LogP contribution in [0.4, 0.5) is 18.9 Å². The maximum Gasteiger partial charge on any atom is 0.417 e. The topological polar surface area (TPSA) is 92.8 Å². The molecule has 3 rings (SSSR count). The van der Waals surface area contributed by atoms with E-state index in [4.69, 9.17) is 16.3 Å². The summed E-state index contributed by atoms with van der Waals surface area (Å²) in [6.45, 7) is 1.89. The number of nitrogens with one attached hydrogen (secondary N) is 1. The number of ether oxygens (including phenoxy) is 1. The van der Waals surface area contributed by atoms with Gasteiger partial charge in [0.1, 0.15) is 0 Å². The molecule has 0 unspecified atom stereocenters. The molecule has 1 aliphatic heterocycles. The van der Waals surface area contributed by atoms with Gasteiger partial charge in [0.25, 0.3) is 0 Å². The van der Waals surface area contributed by atoms with Crippen molar-refractivity contribution < 1.29 is 35.9 Å². The maximum absolute atomic E-state index is 13.1. The predicted molar refractivity (Wildman–Crippen MR) is 124 cm³/mol. The smallest absolute Gasteiger partial charge is 0.417 e. The van der Waals surface area contributed by atoms with Crippen LogP contribution in [0, 0.1) is 5.92 Å². The average Bonchev–Trinajstić information content (AvgIpc) is 2.83. The second-order valence-electron chi connectivity index (χ2n) is 7.93. The van der Waals surface area contributed by atoms with E-state index >= 15 is 0 Å². The number of carbonyl (C=O) groups is 2. The van der Waals surface area contributed by atoms with E-state index in [1.54, 1.807) is 6.92 Å². The van der Waals surface area contributed by atoms with Crippen LogP contribution in [0.2, 0.25) is 5.02 Å². The summed E-state index contributed by atoms with van der Waals surface area (Å²) < 4.78 is 71.5. The summed E-state index contributed by atoms with van der Waals surface area (Å²) in [4.78, 5) is 24.4. The van der Waals surface area contributed by atoms with Crippen molar-refractivity contribution in [3.8, 4) is 0 Å². The lowest BCUT2D eigenvalue weighted by Crippen LogP contribution is -2.40. The van der Waals surface area contributed by atoms with Gasteiger partial charge in [0.15, 0.2) is 5.78 Å². The zero-order valence-corrected chi connectivity index (χ0v) is 20.3. The second-order valence-corrected chi connectivity index (χ2v) is 10.3. The Kier molecular flexibility index (Phi) is 8.45. The van der Waals surface area contributed by atoms with Crippen molar-refractivity contribution in [2.24, 2.45) is 5.92 Å². The highest BCUT2D eigenvalue weighted by atomic mass is 35.5. The Morgan fingerprint density at radius 1 is 1.14 bits per heavy atom. The van der Waals surface area contributed by atoms with Gasteiger partial charge in [0, 0.05) is 24.3 Å². The molecule has 2 aromatic carbocycles. The zero-order valence-electron chi connectivity index (χ0n) is 18.8. The largest absolute Gasteiger partial charge is 0.466 e. The Labute approximate surface area is 206 Å². The van der Waals surface area contributed by atoms with Crippen molar-refractivity contribution in [2.75, 3.05) is 31.6 Å². The number of benzene rings is 2. The monoisotopic (exact) mass is 532 g/mol. The van der Waals surface area contributed by atoms with Crippen LogP contribution < -0.4 is 5.32 Å². The molecule has 1 aliphatic rings. The summed E-state index contributed by atoms with van der Waals surface area (Å²) in [5.74, 6) is -1.20. The number of ketones is 1. The van der Waals surface area contributed by atoms with Gasteiger partial charge >= 0.3 is 12.1 Å². The van der Waals surface area contributed by atoms with Crippen LogP contribution in [0.1, 0.15) is 35.7 Å². The highest BCUT2D eigenvalue weighted by Crippen LogP contribution is 2.36. The minimum atomic E-state index is -4.65. The summed E-state index contributed by atoms with van der Waals surface area (Å²) in [5.41, 5.74) is -0.898. The lowest BCUT2D eigenvalue weighted by molar-refractivity contribution is -0.149. The molecular formula is C23H24ClF3N2O5S. The molecule has 2 aromatic rings. The molecule has 0 aromatic heterocycles. The molecule has 1 saturated heterocycles. The Morgan fingerprint density at radius 2 is 1.83 bits per heavy atom. The van der Waals surface area contributed by atoms with Crippen LogP contribution in [0.3, 0.4) is 0 Å². The molecule has 7 nitrogen and oxygen atoms in total. The van der Waals surface area contributed by atoms with Crippen LogP contribution in [0.25, 0.3) is 0 Å². The predicted octanol–water partition coefficient (Wildman–Crippen LogP) is 4.62. The SMILES string of the molecule is CCOC(=O)C1CCN(S(=O)(=O)c2cccc(C(=O)CNc3ccc(Cl)c(C(F)(F)F)c3)c2)CC1. The van der Waals surface area contributed by atoms with E-state index in [0.717, 1.165) is 12.1 Å². The molecule has 0 spiro atoms. The summed E-state index contributed by atoms with van der Waals surface area (Å²) in [6.07, 6.45) is -3.98. The van der Waals surface area contributed by atoms with E-state index in [1.807, 2.05) is 0 Å². The molecule has 1 fully saturated rings. The van der Waals surface area contributed by atoms with Gasteiger partial charge in [0.05, 0.1) is 34.6 Å². The molecule has 0 amide bonds. The van der Waals surface area contributed by atoms with Crippen molar-refractivity contribution in [2.45, 2.75) is 30.8 Å². The number of alkyl halides is 3. The number of halogens is 4. The minimum Gasteiger partial charge on any atom is -0.466 e. The van der Waals surface area contributed by atoms with Gasteiger partial charge in [0.2, 0.25) is 10.0 Å². The second kappa shape index (κ2) is 11.0. The van der Waals surface area contributed by atoms with Crippen LogP contribution in [-0.2, 0) is 25.7 Å². The van der Waals surface area contributed by atoms with Crippen molar-refractivity contribution in [1.82, 2.24) is 4.31 Å². The summed E-state index contributed by atoms with van der Waals surface area (Å²) in [7, 11) is -3.90. The van der Waals surface area contributed by atoms with Gasteiger partial charge in [-0.15, -0.1) is 0 Å². The number of esters is 1. The van der Waals surface area contributed by atoms with Gasteiger partial charge in [-0.25, -0.2) is 8.42 Å². The highest BCUT2D eigenvalue weighted by Gasteiger charge is 2.34. The molecule has 0 atom stereocenters. The van der Waals surface area contributed by atoms with E-state index in [-0.39, 0.29) is 54.3 Å². The Balaban J connectivity index is 1.67. The fraction of sp³-hybridized carbons (Fsp3) is 0.391. The molecule has 0 aliphatic carbocycles. The number of hydrogen-bond donors (Lipinski definition) is 1. The number of sulfonamides is 1. The molecule has 0 saturated carbocycles. The summed E-state index contributed by atoms with van der Waals surface area (Å²) >= 11 is 5.60. The van der Waals surface area contributed by atoms with Gasteiger partial charge in [-0.1, -0.05) is 23.7 Å². The number of rotatable bonds is 8. The van der Waals surface area contributed by atoms with Gasteiger partial charge < -0.3 is 10.1 Å². The number of Topliss-reactive ketones (excluding diaryl/α,β-unsaturated/α-hetero) is 1. The highest BCUT2D eigenvalue weighted by molar-refractivity contribution is 7.89. The zero-order chi connectivity index (χ0) is 25.8. The van der Waals surface area contributed by atoms with Gasteiger partial charge in [-0.3, -0.25) is 9.59 Å². The number of carbonyl (C=O) groups excluding carboxylic acids is 2. The molecule has 1 N–H and O–H groups in total. The Morgan fingerprint density at radius 3 is 2.46 bits per heavy atom. The number of hydrogen-bond acceptors (Lipinski definition) is 6. The normalized spacial score (nSPS) is 15.6. The molecule has 1 heterocycles. The number of anilines is 1. The van der Waals surface area contributed by atoms with Gasteiger partial charge in [-0.05, 0) is 50.1 Å². The molecule has 35 heavy (non-hydrogen) atoms. The quantitative estimate of drug-likeness (QED) is 0.394. The number of nitrogens with zero attached hydrogens (tertiary/aromatic N) is 1. The fourth-order valence-electron chi connectivity index (χ4n) is 3.71. The first-order valence-electron chi connectivity index (χ1n) is 10.8. The van der Waals surface area contributed by atoms with E-state index in [0.29, 0.717) is 12.8 Å². The molecule has 190 valence electrons. The molecule has 0 radical (unpaired) electrons. The lowest BCUT2D eigenvalue weighted by atomic mass is 9.98. The van der Waals surface area contributed by atoms with Gasteiger partial charge in [-0.2, -0.15) is 17.5 Å². The average molecular weight is 533 g/mol. The van der Waals surface area contributed by atoms with Crippen molar-refractivity contribution in [1.29, 1.82) is 0 Å². The van der Waals surface area contributed by atoms with Crippen molar-refractivity contribution in [3.05, 3.63) is 58.6 Å².